The van der Waals surface area contributed by atoms with Gasteiger partial charge < -0.3 is 20.5 Å². The van der Waals surface area contributed by atoms with E-state index in [0.717, 1.165) is 0 Å². The SMILES string of the molecule is CC(C)(CO)NC(=O)CCNC(=O)OC(C)(C)C. The summed E-state index contributed by atoms with van der Waals surface area (Å²) in [4.78, 5) is 22.7. The standard InChI is InChI=1S/C12H24N2O4/c1-11(2,3)18-10(17)13-7-6-9(16)14-12(4,5)8-15/h15H,6-8H2,1-5H3,(H,13,17)(H,14,16). The average molecular weight is 260 g/mol. The third kappa shape index (κ3) is 8.81. The molecule has 0 spiro atoms. The van der Waals surface area contributed by atoms with Crippen molar-refractivity contribution in [2.24, 2.45) is 0 Å². The Hall–Kier alpha value is -1.30. The molecular weight excluding hydrogens is 236 g/mol. The number of amides is 2. The molecule has 0 saturated carbocycles. The van der Waals surface area contributed by atoms with Gasteiger partial charge in [0.15, 0.2) is 0 Å². The van der Waals surface area contributed by atoms with Crippen LogP contribution in [0.3, 0.4) is 0 Å². The van der Waals surface area contributed by atoms with Crippen LogP contribution in [0.1, 0.15) is 41.0 Å². The van der Waals surface area contributed by atoms with Crippen LogP contribution in [-0.4, -0.2) is 41.4 Å². The van der Waals surface area contributed by atoms with E-state index in [1.807, 2.05) is 0 Å². The minimum absolute atomic E-state index is 0.141. The van der Waals surface area contributed by atoms with E-state index in [9.17, 15) is 9.59 Å². The molecule has 0 aliphatic heterocycles. The van der Waals surface area contributed by atoms with Crippen molar-refractivity contribution in [3.63, 3.8) is 0 Å². The molecule has 0 saturated heterocycles. The number of ether oxygens (including phenoxy) is 1. The summed E-state index contributed by atoms with van der Waals surface area (Å²) >= 11 is 0. The minimum atomic E-state index is -0.650. The predicted octanol–water partition coefficient (Wildman–Crippen LogP) is 0.788. The van der Waals surface area contributed by atoms with Crippen molar-refractivity contribution in [2.75, 3.05) is 13.2 Å². The largest absolute Gasteiger partial charge is 0.444 e. The van der Waals surface area contributed by atoms with Crippen molar-refractivity contribution in [1.82, 2.24) is 10.6 Å². The number of carbonyl (C=O) groups excluding carboxylic acids is 2. The molecule has 0 aromatic heterocycles. The number of hydrogen-bond donors (Lipinski definition) is 3. The number of hydrogen-bond acceptors (Lipinski definition) is 4. The Morgan fingerprint density at radius 1 is 1.17 bits per heavy atom. The molecule has 106 valence electrons. The molecule has 0 aromatic rings. The molecular formula is C12H24N2O4. The Kier molecular flexibility index (Phi) is 6.11. The number of alkyl carbamates (subject to hydrolysis) is 1. The number of aliphatic hydroxyl groups is 1. The summed E-state index contributed by atoms with van der Waals surface area (Å²) in [6.45, 7) is 8.79. The first-order valence-electron chi connectivity index (χ1n) is 5.94. The molecule has 18 heavy (non-hydrogen) atoms. The molecule has 0 radical (unpaired) electrons. The van der Waals surface area contributed by atoms with E-state index in [1.54, 1.807) is 34.6 Å². The Balaban J connectivity index is 3.85. The third-order valence-corrected chi connectivity index (χ3v) is 1.89. The zero-order valence-corrected chi connectivity index (χ0v) is 11.8. The van der Waals surface area contributed by atoms with E-state index >= 15 is 0 Å². The Labute approximate surface area is 108 Å². The summed E-state index contributed by atoms with van der Waals surface area (Å²) in [5.41, 5.74) is -1.20. The zero-order chi connectivity index (χ0) is 14.4. The maximum Gasteiger partial charge on any atom is 0.407 e. The maximum absolute atomic E-state index is 11.5. The van der Waals surface area contributed by atoms with Crippen LogP contribution in [0.15, 0.2) is 0 Å². The number of nitrogens with one attached hydrogen (secondary N) is 2. The van der Waals surface area contributed by atoms with Crippen molar-refractivity contribution >= 4 is 12.0 Å². The monoisotopic (exact) mass is 260 g/mol. The van der Waals surface area contributed by atoms with Gasteiger partial charge in [0.2, 0.25) is 5.91 Å². The van der Waals surface area contributed by atoms with Gasteiger partial charge in [0, 0.05) is 13.0 Å². The quantitative estimate of drug-likeness (QED) is 0.682. The van der Waals surface area contributed by atoms with Crippen LogP contribution in [0, 0.1) is 0 Å². The molecule has 0 fully saturated rings. The number of rotatable bonds is 5. The van der Waals surface area contributed by atoms with Crippen molar-refractivity contribution in [1.29, 1.82) is 0 Å². The van der Waals surface area contributed by atoms with Gasteiger partial charge in [0.1, 0.15) is 5.60 Å². The third-order valence-electron chi connectivity index (χ3n) is 1.89. The topological polar surface area (TPSA) is 87.7 Å². The highest BCUT2D eigenvalue weighted by molar-refractivity contribution is 5.77. The highest BCUT2D eigenvalue weighted by atomic mass is 16.6. The first-order valence-corrected chi connectivity index (χ1v) is 5.94. The van der Waals surface area contributed by atoms with Crippen LogP contribution < -0.4 is 10.6 Å². The van der Waals surface area contributed by atoms with Crippen LogP contribution >= 0.6 is 0 Å². The molecule has 2 amide bonds. The second kappa shape index (κ2) is 6.58. The summed E-state index contributed by atoms with van der Waals surface area (Å²) in [5, 5.41) is 14.1. The minimum Gasteiger partial charge on any atom is -0.444 e. The fourth-order valence-corrected chi connectivity index (χ4v) is 1.07. The van der Waals surface area contributed by atoms with E-state index in [1.165, 1.54) is 0 Å². The highest BCUT2D eigenvalue weighted by Crippen LogP contribution is 2.06. The summed E-state index contributed by atoms with van der Waals surface area (Å²) in [6, 6.07) is 0. The van der Waals surface area contributed by atoms with Gasteiger partial charge in [-0.25, -0.2) is 4.79 Å². The van der Waals surface area contributed by atoms with Gasteiger partial charge in [0.05, 0.1) is 12.1 Å². The van der Waals surface area contributed by atoms with Gasteiger partial charge in [-0.3, -0.25) is 4.79 Å². The van der Waals surface area contributed by atoms with Crippen molar-refractivity contribution in [2.45, 2.75) is 52.2 Å². The molecule has 0 rings (SSSR count). The van der Waals surface area contributed by atoms with Gasteiger partial charge in [0.25, 0.3) is 0 Å². The van der Waals surface area contributed by atoms with Crippen molar-refractivity contribution in [3.05, 3.63) is 0 Å². The Bertz CT molecular complexity index is 295. The van der Waals surface area contributed by atoms with E-state index in [2.05, 4.69) is 10.6 Å². The number of carbonyl (C=O) groups is 2. The van der Waals surface area contributed by atoms with E-state index in [4.69, 9.17) is 9.84 Å². The molecule has 0 bridgehead atoms. The van der Waals surface area contributed by atoms with E-state index < -0.39 is 17.2 Å². The van der Waals surface area contributed by atoms with Gasteiger partial charge in [-0.05, 0) is 34.6 Å². The molecule has 0 aliphatic carbocycles. The predicted molar refractivity (Wildman–Crippen MR) is 68.2 cm³/mol. The molecule has 6 heteroatoms. The van der Waals surface area contributed by atoms with Gasteiger partial charge in [-0.2, -0.15) is 0 Å². The summed E-state index contributed by atoms with van der Waals surface area (Å²) < 4.78 is 5.02. The molecule has 0 aliphatic rings. The first-order chi connectivity index (χ1) is 8.06. The lowest BCUT2D eigenvalue weighted by molar-refractivity contribution is -0.123. The second-order valence-electron chi connectivity index (χ2n) is 5.77. The normalized spacial score (nSPS) is 11.9. The van der Waals surface area contributed by atoms with Crippen LogP contribution in [0.4, 0.5) is 4.79 Å². The number of aliphatic hydroxyl groups excluding tert-OH is 1. The van der Waals surface area contributed by atoms with Crippen molar-refractivity contribution < 1.29 is 19.4 Å². The summed E-state index contributed by atoms with van der Waals surface area (Å²) in [6.07, 6.45) is -0.403. The maximum atomic E-state index is 11.5. The van der Waals surface area contributed by atoms with Crippen LogP contribution in [-0.2, 0) is 9.53 Å². The van der Waals surface area contributed by atoms with E-state index in [-0.39, 0.29) is 25.5 Å². The molecule has 0 unspecified atom stereocenters. The lowest BCUT2D eigenvalue weighted by atomic mass is 10.1. The average Bonchev–Trinajstić information content (AvgIpc) is 2.13. The van der Waals surface area contributed by atoms with Gasteiger partial charge >= 0.3 is 6.09 Å². The molecule has 3 N–H and O–H groups in total. The zero-order valence-electron chi connectivity index (χ0n) is 11.8. The Morgan fingerprint density at radius 2 is 1.72 bits per heavy atom. The summed E-state index contributed by atoms with van der Waals surface area (Å²) in [7, 11) is 0. The smallest absolute Gasteiger partial charge is 0.407 e. The highest BCUT2D eigenvalue weighted by Gasteiger charge is 2.19. The molecule has 6 nitrogen and oxygen atoms in total. The van der Waals surface area contributed by atoms with E-state index in [0.29, 0.717) is 0 Å². The fraction of sp³-hybridized carbons (Fsp3) is 0.833. The first kappa shape index (κ1) is 16.7. The van der Waals surface area contributed by atoms with Gasteiger partial charge in [-0.15, -0.1) is 0 Å². The lowest BCUT2D eigenvalue weighted by Crippen LogP contribution is -2.47. The molecule has 0 heterocycles. The fourth-order valence-electron chi connectivity index (χ4n) is 1.07. The Morgan fingerprint density at radius 3 is 2.17 bits per heavy atom. The van der Waals surface area contributed by atoms with Crippen LogP contribution in [0.2, 0.25) is 0 Å². The molecule has 0 aromatic carbocycles. The van der Waals surface area contributed by atoms with Crippen LogP contribution in [0.25, 0.3) is 0 Å². The lowest BCUT2D eigenvalue weighted by Gasteiger charge is -2.23. The van der Waals surface area contributed by atoms with Crippen LogP contribution in [0.5, 0.6) is 0 Å². The van der Waals surface area contributed by atoms with Gasteiger partial charge in [-0.1, -0.05) is 0 Å². The second-order valence-corrected chi connectivity index (χ2v) is 5.77. The summed E-state index contributed by atoms with van der Waals surface area (Å²) in [5.74, 6) is -0.231. The van der Waals surface area contributed by atoms with Crippen molar-refractivity contribution in [3.8, 4) is 0 Å². The molecule has 0 atom stereocenters.